The van der Waals surface area contributed by atoms with Crippen LogP contribution in [0.25, 0.3) is 0 Å². The van der Waals surface area contributed by atoms with Crippen LogP contribution in [0.4, 0.5) is 0 Å². The van der Waals surface area contributed by atoms with Crippen molar-refractivity contribution in [3.8, 4) is 0 Å². The zero-order valence-electron chi connectivity index (χ0n) is 9.92. The van der Waals surface area contributed by atoms with E-state index in [-0.39, 0.29) is 0 Å². The zero-order chi connectivity index (χ0) is 10.4. The fourth-order valence-electron chi connectivity index (χ4n) is 1.94. The van der Waals surface area contributed by atoms with E-state index in [0.717, 1.165) is 6.04 Å². The monoisotopic (exact) mass is 199 g/mol. The van der Waals surface area contributed by atoms with Gasteiger partial charge in [-0.3, -0.25) is 4.90 Å². The summed E-state index contributed by atoms with van der Waals surface area (Å²) >= 11 is 0. The van der Waals surface area contributed by atoms with Gasteiger partial charge in [0.1, 0.15) is 0 Å². The predicted molar refractivity (Wildman–Crippen MR) is 61.7 cm³/mol. The molecular weight excluding hydrogens is 174 g/mol. The highest BCUT2D eigenvalue weighted by Gasteiger charge is 2.22. The molecule has 0 amide bonds. The molecule has 0 radical (unpaired) electrons. The maximum Gasteiger partial charge on any atom is 0.0345 e. The quantitative estimate of drug-likeness (QED) is 0.648. The molecule has 0 aliphatic carbocycles. The molecule has 1 aliphatic heterocycles. The van der Waals surface area contributed by atoms with Crippen LogP contribution in [0.1, 0.15) is 20.8 Å². The van der Waals surface area contributed by atoms with Crippen LogP contribution in [0.5, 0.6) is 0 Å². The Morgan fingerprint density at radius 1 is 1.00 bits per heavy atom. The maximum atomic E-state index is 3.34. The number of hydrogen-bond donors (Lipinski definition) is 1. The third-order valence-corrected chi connectivity index (χ3v) is 3.28. The Morgan fingerprint density at radius 2 is 1.64 bits per heavy atom. The fraction of sp³-hybridized carbons (Fsp3) is 1.00. The minimum Gasteiger partial charge on any atom is -0.314 e. The summed E-state index contributed by atoms with van der Waals surface area (Å²) in [7, 11) is 0. The van der Waals surface area contributed by atoms with Gasteiger partial charge in [0.15, 0.2) is 0 Å². The summed E-state index contributed by atoms with van der Waals surface area (Å²) in [4.78, 5) is 5.09. The standard InChI is InChI=1S/C11H25N3/c1-4-13(5-2)7-8-14(6-3)11-9-12-10-11/h11-12H,4-10H2,1-3H3. The molecule has 3 nitrogen and oxygen atoms in total. The van der Waals surface area contributed by atoms with Gasteiger partial charge in [-0.1, -0.05) is 20.8 Å². The van der Waals surface area contributed by atoms with E-state index in [1.54, 1.807) is 0 Å². The second-order valence-electron chi connectivity index (χ2n) is 3.97. The molecule has 0 bridgehead atoms. The van der Waals surface area contributed by atoms with Crippen LogP contribution in [0.15, 0.2) is 0 Å². The highest BCUT2D eigenvalue weighted by atomic mass is 15.3. The summed E-state index contributed by atoms with van der Waals surface area (Å²) in [5.41, 5.74) is 0. The third-order valence-electron chi connectivity index (χ3n) is 3.28. The topological polar surface area (TPSA) is 18.5 Å². The molecule has 1 aliphatic rings. The molecule has 0 aromatic rings. The molecule has 1 heterocycles. The van der Waals surface area contributed by atoms with Crippen molar-refractivity contribution in [2.24, 2.45) is 0 Å². The van der Waals surface area contributed by atoms with E-state index < -0.39 is 0 Å². The average molecular weight is 199 g/mol. The predicted octanol–water partition coefficient (Wildman–Crippen LogP) is 0.622. The van der Waals surface area contributed by atoms with Crippen LogP contribution in [0, 0.1) is 0 Å². The Bertz CT molecular complexity index is 141. The molecule has 0 aromatic heterocycles. The summed E-state index contributed by atoms with van der Waals surface area (Å²) in [5.74, 6) is 0. The number of rotatable bonds is 7. The number of nitrogens with one attached hydrogen (secondary N) is 1. The van der Waals surface area contributed by atoms with Gasteiger partial charge in [0.05, 0.1) is 0 Å². The van der Waals surface area contributed by atoms with Crippen molar-refractivity contribution < 1.29 is 0 Å². The zero-order valence-corrected chi connectivity index (χ0v) is 9.92. The van der Waals surface area contributed by atoms with E-state index in [1.807, 2.05) is 0 Å². The minimum atomic E-state index is 0.801. The number of nitrogens with zero attached hydrogens (tertiary/aromatic N) is 2. The lowest BCUT2D eigenvalue weighted by Crippen LogP contribution is -2.58. The lowest BCUT2D eigenvalue weighted by molar-refractivity contribution is 0.133. The van der Waals surface area contributed by atoms with E-state index in [1.165, 1.54) is 45.8 Å². The van der Waals surface area contributed by atoms with Crippen molar-refractivity contribution in [3.05, 3.63) is 0 Å². The van der Waals surface area contributed by atoms with Gasteiger partial charge in [-0.25, -0.2) is 0 Å². The maximum absolute atomic E-state index is 3.34. The van der Waals surface area contributed by atoms with E-state index in [4.69, 9.17) is 0 Å². The normalized spacial score (nSPS) is 17.8. The van der Waals surface area contributed by atoms with Crippen LogP contribution in [0.3, 0.4) is 0 Å². The van der Waals surface area contributed by atoms with Crippen LogP contribution in [-0.4, -0.2) is 61.7 Å². The number of hydrogen-bond acceptors (Lipinski definition) is 3. The third kappa shape index (κ3) is 3.23. The Morgan fingerprint density at radius 3 is 2.00 bits per heavy atom. The van der Waals surface area contributed by atoms with Crippen LogP contribution in [0.2, 0.25) is 0 Å². The first-order chi connectivity index (χ1) is 6.81. The van der Waals surface area contributed by atoms with Crippen molar-refractivity contribution in [2.45, 2.75) is 26.8 Å². The molecule has 0 unspecified atom stereocenters. The van der Waals surface area contributed by atoms with Crippen molar-refractivity contribution in [2.75, 3.05) is 45.8 Å². The first kappa shape index (κ1) is 12.0. The highest BCUT2D eigenvalue weighted by Crippen LogP contribution is 2.04. The van der Waals surface area contributed by atoms with Gasteiger partial charge in [-0.15, -0.1) is 0 Å². The molecule has 1 saturated heterocycles. The summed E-state index contributed by atoms with van der Waals surface area (Å²) in [6, 6.07) is 0.801. The summed E-state index contributed by atoms with van der Waals surface area (Å²) < 4.78 is 0. The van der Waals surface area contributed by atoms with Crippen molar-refractivity contribution in [1.82, 2.24) is 15.1 Å². The van der Waals surface area contributed by atoms with Gasteiger partial charge in [-0.05, 0) is 19.6 Å². The van der Waals surface area contributed by atoms with E-state index in [9.17, 15) is 0 Å². The molecule has 0 aromatic carbocycles. The molecule has 0 atom stereocenters. The van der Waals surface area contributed by atoms with Gasteiger partial charge in [0, 0.05) is 32.2 Å². The fourth-order valence-corrected chi connectivity index (χ4v) is 1.94. The van der Waals surface area contributed by atoms with Gasteiger partial charge >= 0.3 is 0 Å². The second-order valence-corrected chi connectivity index (χ2v) is 3.97. The summed E-state index contributed by atoms with van der Waals surface area (Å²) in [6.45, 7) is 15.1. The summed E-state index contributed by atoms with van der Waals surface area (Å²) in [6.07, 6.45) is 0. The van der Waals surface area contributed by atoms with Gasteiger partial charge in [0.25, 0.3) is 0 Å². The second kappa shape index (κ2) is 6.38. The average Bonchev–Trinajstić information content (AvgIpc) is 2.14. The molecule has 14 heavy (non-hydrogen) atoms. The van der Waals surface area contributed by atoms with E-state index in [0.29, 0.717) is 0 Å². The SMILES string of the molecule is CCN(CC)CCN(CC)C1CNC1. The highest BCUT2D eigenvalue weighted by molar-refractivity contribution is 4.84. The molecule has 1 N–H and O–H groups in total. The van der Waals surface area contributed by atoms with Crippen LogP contribution in [-0.2, 0) is 0 Å². The minimum absolute atomic E-state index is 0.801. The Kier molecular flexibility index (Phi) is 5.45. The molecule has 0 spiro atoms. The lowest BCUT2D eigenvalue weighted by atomic mass is 10.1. The van der Waals surface area contributed by atoms with Crippen molar-refractivity contribution in [1.29, 1.82) is 0 Å². The largest absolute Gasteiger partial charge is 0.314 e. The van der Waals surface area contributed by atoms with E-state index in [2.05, 4.69) is 35.9 Å². The lowest BCUT2D eigenvalue weighted by Gasteiger charge is -2.38. The Balaban J connectivity index is 2.18. The van der Waals surface area contributed by atoms with E-state index >= 15 is 0 Å². The van der Waals surface area contributed by atoms with Crippen molar-refractivity contribution in [3.63, 3.8) is 0 Å². The van der Waals surface area contributed by atoms with Crippen molar-refractivity contribution >= 4 is 0 Å². The summed E-state index contributed by atoms with van der Waals surface area (Å²) in [5, 5.41) is 3.34. The first-order valence-corrected chi connectivity index (χ1v) is 5.98. The van der Waals surface area contributed by atoms with Crippen LogP contribution < -0.4 is 5.32 Å². The molecular formula is C11H25N3. The van der Waals surface area contributed by atoms with Gasteiger partial charge in [0.2, 0.25) is 0 Å². The Labute approximate surface area is 88.5 Å². The molecule has 3 heteroatoms. The molecule has 84 valence electrons. The molecule has 1 rings (SSSR count). The first-order valence-electron chi connectivity index (χ1n) is 5.98. The smallest absolute Gasteiger partial charge is 0.0345 e. The van der Waals surface area contributed by atoms with Gasteiger partial charge < -0.3 is 10.2 Å². The molecule has 0 saturated carbocycles. The van der Waals surface area contributed by atoms with Gasteiger partial charge in [-0.2, -0.15) is 0 Å². The number of likely N-dealkylation sites (N-methyl/N-ethyl adjacent to an activating group) is 2. The van der Waals surface area contributed by atoms with Crippen LogP contribution >= 0.6 is 0 Å². The Hall–Kier alpha value is -0.120. The molecule has 1 fully saturated rings.